The molecule has 2 heterocycles. The first-order chi connectivity index (χ1) is 9.22. The van der Waals surface area contributed by atoms with E-state index < -0.39 is 0 Å². The van der Waals surface area contributed by atoms with Gasteiger partial charge >= 0.3 is 0 Å². The van der Waals surface area contributed by atoms with Crippen LogP contribution >= 0.6 is 23.1 Å². The summed E-state index contributed by atoms with van der Waals surface area (Å²) in [5.74, 6) is 1.76. The van der Waals surface area contributed by atoms with Crippen molar-refractivity contribution in [3.05, 3.63) is 39.7 Å². The largest absolute Gasteiger partial charge is 0.455 e. The van der Waals surface area contributed by atoms with E-state index in [0.29, 0.717) is 12.3 Å². The first kappa shape index (κ1) is 14.1. The third-order valence-corrected chi connectivity index (χ3v) is 4.00. The zero-order valence-corrected chi connectivity index (χ0v) is 12.6. The van der Waals surface area contributed by atoms with E-state index in [4.69, 9.17) is 4.42 Å². The zero-order valence-electron chi connectivity index (χ0n) is 10.9. The van der Waals surface area contributed by atoms with Gasteiger partial charge in [0.15, 0.2) is 5.76 Å². The number of aromatic nitrogens is 1. The van der Waals surface area contributed by atoms with Crippen molar-refractivity contribution in [3.8, 4) is 0 Å². The number of carbonyl (C=O) groups excluding carboxylic acids is 1. The van der Waals surface area contributed by atoms with Crippen molar-refractivity contribution in [2.24, 2.45) is 0 Å². The predicted molar refractivity (Wildman–Crippen MR) is 78.6 cm³/mol. The normalized spacial score (nSPS) is 10.6. The van der Waals surface area contributed by atoms with Gasteiger partial charge in [0.25, 0.3) is 5.91 Å². The van der Waals surface area contributed by atoms with Crippen molar-refractivity contribution < 1.29 is 9.21 Å². The molecule has 2 rings (SSSR count). The lowest BCUT2D eigenvalue weighted by molar-refractivity contribution is 0.0921. The molecule has 0 aromatic carbocycles. The van der Waals surface area contributed by atoms with Crippen LogP contribution in [0.25, 0.3) is 0 Å². The molecule has 0 saturated carbocycles. The lowest BCUT2D eigenvalue weighted by atomic mass is 10.4. The molecule has 0 fully saturated rings. The van der Waals surface area contributed by atoms with Crippen LogP contribution in [0.1, 0.15) is 33.9 Å². The number of thiazole rings is 1. The summed E-state index contributed by atoms with van der Waals surface area (Å²) in [7, 11) is 0. The molecule has 1 N–H and O–H groups in total. The van der Waals surface area contributed by atoms with Crippen LogP contribution in [-0.4, -0.2) is 17.1 Å². The molecule has 2 aromatic heterocycles. The first-order valence-corrected chi connectivity index (χ1v) is 8.29. The highest BCUT2D eigenvalue weighted by Crippen LogP contribution is 2.14. The summed E-state index contributed by atoms with van der Waals surface area (Å²) < 4.78 is 5.45. The molecule has 0 atom stereocenters. The van der Waals surface area contributed by atoms with Crippen LogP contribution in [0, 0.1) is 0 Å². The van der Waals surface area contributed by atoms with Crippen molar-refractivity contribution in [3.63, 3.8) is 0 Å². The van der Waals surface area contributed by atoms with E-state index in [-0.39, 0.29) is 5.91 Å². The van der Waals surface area contributed by atoms with E-state index in [1.807, 2.05) is 17.7 Å². The number of nitrogens with one attached hydrogen (secondary N) is 1. The second-order valence-corrected chi connectivity index (χ2v) is 5.78. The van der Waals surface area contributed by atoms with Gasteiger partial charge in [-0.05, 0) is 24.8 Å². The van der Waals surface area contributed by atoms with Crippen LogP contribution in [0.3, 0.4) is 0 Å². The third kappa shape index (κ3) is 3.84. The fraction of sp³-hybridized carbons (Fsp3) is 0.385. The average molecular weight is 296 g/mol. The van der Waals surface area contributed by atoms with E-state index in [1.54, 1.807) is 29.2 Å². The number of thioether (sulfide) groups is 1. The summed E-state index contributed by atoms with van der Waals surface area (Å²) in [5.41, 5.74) is 1.06. The molecule has 1 amide bonds. The van der Waals surface area contributed by atoms with Gasteiger partial charge in [0.1, 0.15) is 10.8 Å². The van der Waals surface area contributed by atoms with E-state index in [2.05, 4.69) is 17.2 Å². The van der Waals surface area contributed by atoms with Crippen LogP contribution < -0.4 is 5.32 Å². The number of hydrogen-bond donors (Lipinski definition) is 1. The van der Waals surface area contributed by atoms with Crippen molar-refractivity contribution >= 4 is 29.0 Å². The molecule has 0 aliphatic carbocycles. The Bertz CT molecular complexity index is 548. The fourth-order valence-electron chi connectivity index (χ4n) is 1.56. The molecule has 0 saturated heterocycles. The second-order valence-electron chi connectivity index (χ2n) is 3.97. The number of nitrogens with zero attached hydrogens (tertiary/aromatic N) is 1. The molecule has 6 heteroatoms. The molecule has 0 spiro atoms. The molecule has 0 aliphatic heterocycles. The van der Waals surface area contributed by atoms with E-state index >= 15 is 0 Å². The Morgan fingerprint density at radius 3 is 3.05 bits per heavy atom. The molecule has 0 bridgehead atoms. The van der Waals surface area contributed by atoms with Crippen molar-refractivity contribution in [2.75, 3.05) is 6.26 Å². The smallest absolute Gasteiger partial charge is 0.287 e. The van der Waals surface area contributed by atoms with E-state index in [1.165, 1.54) is 0 Å². The number of carbonyl (C=O) groups is 1. The highest BCUT2D eigenvalue weighted by atomic mass is 32.2. The maximum atomic E-state index is 11.9. The molecular formula is C13H16N2O2S2. The predicted octanol–water partition coefficient (Wildman–Crippen LogP) is 3.09. The molecule has 102 valence electrons. The monoisotopic (exact) mass is 296 g/mol. The Labute approximate surface area is 120 Å². The Hall–Kier alpha value is -1.27. The van der Waals surface area contributed by atoms with Gasteiger partial charge in [-0.25, -0.2) is 4.98 Å². The Kier molecular flexibility index (Phi) is 5.04. The molecule has 4 nitrogen and oxygen atoms in total. The Morgan fingerprint density at radius 2 is 2.37 bits per heavy atom. The van der Waals surface area contributed by atoms with Crippen LogP contribution in [0.5, 0.6) is 0 Å². The van der Waals surface area contributed by atoms with Crippen molar-refractivity contribution in [1.29, 1.82) is 0 Å². The summed E-state index contributed by atoms with van der Waals surface area (Å²) in [6.07, 6.45) is 2.91. The lowest BCUT2D eigenvalue weighted by Crippen LogP contribution is -2.22. The number of amides is 1. The maximum Gasteiger partial charge on any atom is 0.287 e. The van der Waals surface area contributed by atoms with E-state index in [0.717, 1.165) is 28.6 Å². The van der Waals surface area contributed by atoms with Crippen LogP contribution in [-0.2, 0) is 18.7 Å². The quantitative estimate of drug-likeness (QED) is 0.890. The van der Waals surface area contributed by atoms with Gasteiger partial charge in [0, 0.05) is 5.38 Å². The molecule has 0 radical (unpaired) electrons. The SMILES string of the molecule is CCc1csc(CNC(=O)c2ccc(CSC)o2)n1. The topological polar surface area (TPSA) is 55.1 Å². The summed E-state index contributed by atoms with van der Waals surface area (Å²) >= 11 is 3.23. The first-order valence-electron chi connectivity index (χ1n) is 6.02. The fourth-order valence-corrected chi connectivity index (χ4v) is 2.81. The number of furan rings is 1. The van der Waals surface area contributed by atoms with Crippen LogP contribution in [0.4, 0.5) is 0 Å². The standard InChI is InChI=1S/C13H16N2O2S2/c1-3-9-7-19-12(15-9)6-14-13(16)11-5-4-10(17-11)8-18-2/h4-5,7H,3,6,8H2,1-2H3,(H,14,16). The van der Waals surface area contributed by atoms with E-state index in [9.17, 15) is 4.79 Å². The summed E-state index contributed by atoms with van der Waals surface area (Å²) in [5, 5.41) is 5.75. The molecular weight excluding hydrogens is 280 g/mol. The molecule has 2 aromatic rings. The summed E-state index contributed by atoms with van der Waals surface area (Å²) in [6, 6.07) is 3.55. The van der Waals surface area contributed by atoms with Gasteiger partial charge in [-0.3, -0.25) is 4.79 Å². The van der Waals surface area contributed by atoms with Gasteiger partial charge in [-0.15, -0.1) is 11.3 Å². The highest BCUT2D eigenvalue weighted by molar-refractivity contribution is 7.97. The summed E-state index contributed by atoms with van der Waals surface area (Å²) in [6.45, 7) is 2.51. The molecule has 0 aliphatic rings. The third-order valence-electron chi connectivity index (χ3n) is 2.53. The van der Waals surface area contributed by atoms with Gasteiger partial charge in [0.05, 0.1) is 18.0 Å². The number of aryl methyl sites for hydroxylation is 1. The van der Waals surface area contributed by atoms with Gasteiger partial charge in [-0.2, -0.15) is 11.8 Å². The van der Waals surface area contributed by atoms with Crippen molar-refractivity contribution in [2.45, 2.75) is 25.6 Å². The zero-order chi connectivity index (χ0) is 13.7. The van der Waals surface area contributed by atoms with Gasteiger partial charge in [-0.1, -0.05) is 6.92 Å². The number of rotatable bonds is 6. The minimum Gasteiger partial charge on any atom is -0.455 e. The Balaban J connectivity index is 1.89. The minimum atomic E-state index is -0.194. The average Bonchev–Trinajstić information content (AvgIpc) is 3.05. The van der Waals surface area contributed by atoms with Crippen LogP contribution in [0.2, 0.25) is 0 Å². The minimum absolute atomic E-state index is 0.194. The molecule has 19 heavy (non-hydrogen) atoms. The van der Waals surface area contributed by atoms with Gasteiger partial charge in [0.2, 0.25) is 0 Å². The van der Waals surface area contributed by atoms with Crippen LogP contribution in [0.15, 0.2) is 21.9 Å². The highest BCUT2D eigenvalue weighted by Gasteiger charge is 2.11. The number of hydrogen-bond acceptors (Lipinski definition) is 5. The summed E-state index contributed by atoms with van der Waals surface area (Å²) in [4.78, 5) is 16.3. The lowest BCUT2D eigenvalue weighted by Gasteiger charge is -2.00. The van der Waals surface area contributed by atoms with Crippen molar-refractivity contribution in [1.82, 2.24) is 10.3 Å². The second kappa shape index (κ2) is 6.77. The maximum absolute atomic E-state index is 11.9. The molecule has 0 unspecified atom stereocenters. The Morgan fingerprint density at radius 1 is 1.53 bits per heavy atom. The van der Waals surface area contributed by atoms with Gasteiger partial charge < -0.3 is 9.73 Å².